The number of pyridine rings is 2. The summed E-state index contributed by atoms with van der Waals surface area (Å²) in [5.41, 5.74) is 16.8. The average molecular weight is 565 g/mol. The summed E-state index contributed by atoms with van der Waals surface area (Å²) in [7, 11) is 0. The van der Waals surface area contributed by atoms with E-state index in [9.17, 15) is 0 Å². The second-order valence-electron chi connectivity index (χ2n) is 12.6. The zero-order chi connectivity index (χ0) is 28.8. The van der Waals surface area contributed by atoms with E-state index in [4.69, 9.17) is 4.42 Å². The molecule has 7 aromatic rings. The summed E-state index contributed by atoms with van der Waals surface area (Å²) in [5.74, 6) is 0. The Morgan fingerprint density at radius 2 is 1.26 bits per heavy atom. The topological polar surface area (TPSA) is 20.9 Å². The van der Waals surface area contributed by atoms with E-state index in [-0.39, 0.29) is 0 Å². The summed E-state index contributed by atoms with van der Waals surface area (Å²) in [6, 6.07) is 20.9. The lowest BCUT2D eigenvalue weighted by molar-refractivity contribution is -0.955. The Hall–Kier alpha value is -4.28. The van der Waals surface area contributed by atoms with Gasteiger partial charge in [0.1, 0.15) is 22.3 Å². The van der Waals surface area contributed by atoms with Gasteiger partial charge in [0, 0.05) is 38.9 Å². The Morgan fingerprint density at radius 1 is 0.619 bits per heavy atom. The molecule has 1 spiro atoms. The maximum Gasteiger partial charge on any atom is 0.417 e. The van der Waals surface area contributed by atoms with Crippen molar-refractivity contribution in [2.24, 2.45) is 0 Å². The molecule has 0 amide bonds. The molecule has 3 nitrogen and oxygen atoms in total. The van der Waals surface area contributed by atoms with Crippen LogP contribution in [0.2, 0.25) is 0 Å². The maximum atomic E-state index is 7.04. The molecule has 1 unspecified atom stereocenters. The van der Waals surface area contributed by atoms with E-state index in [0.717, 1.165) is 11.2 Å². The molecule has 4 aromatic heterocycles. The smallest absolute Gasteiger partial charge is 0.417 e. The monoisotopic (exact) mass is 564 g/mol. The molecule has 2 aliphatic rings. The first kappa shape index (κ1) is 24.3. The van der Waals surface area contributed by atoms with Crippen LogP contribution >= 0.6 is 11.3 Å². The van der Waals surface area contributed by atoms with Crippen LogP contribution in [0.15, 0.2) is 71.4 Å². The SMILES string of the molecule is Cc1ccc2c(c1)C1(c3ccc4c(oc5c4ccc4c(C)c(C)sc45)c3-c3cc(C)c(C)c[n+]31)[n+]1cc(C)c(C)cc1-2. The number of hydrogen-bond donors (Lipinski definition) is 0. The molecule has 204 valence electrons. The molecule has 1 atom stereocenters. The molecule has 4 heteroatoms. The largest absolute Gasteiger partial charge is 0.454 e. The third kappa shape index (κ3) is 2.68. The standard InChI is InChI=1S/C38H32N2OS/c1-19-8-9-29-31(14-19)38(39-17-22(4)20(2)15-32(29)39)30-13-12-27-28-11-10-26-24(6)25(7)42-37(26)36(28)41-35(27)34(30)33-16-21(3)23(5)18-40(33)38/h8-18H,1-7H3/q+2. The number of furan rings is 1. The number of rotatable bonds is 0. The summed E-state index contributed by atoms with van der Waals surface area (Å²) in [6.45, 7) is 15.5. The Labute approximate surface area is 249 Å². The average Bonchev–Trinajstić information content (AvgIpc) is 3.65. The minimum atomic E-state index is -0.545. The van der Waals surface area contributed by atoms with E-state index in [0.29, 0.717) is 0 Å². The van der Waals surface area contributed by atoms with Crippen LogP contribution in [0, 0.1) is 48.5 Å². The molecular weight excluding hydrogens is 532 g/mol. The van der Waals surface area contributed by atoms with Gasteiger partial charge in [-0.1, -0.05) is 17.7 Å². The lowest BCUT2D eigenvalue weighted by atomic mass is 9.88. The first-order valence-corrected chi connectivity index (χ1v) is 15.6. The van der Waals surface area contributed by atoms with Gasteiger partial charge in [-0.15, -0.1) is 20.5 Å². The number of hydrogen-bond acceptors (Lipinski definition) is 2. The van der Waals surface area contributed by atoms with Crippen LogP contribution in [0.25, 0.3) is 54.5 Å². The highest BCUT2D eigenvalue weighted by Crippen LogP contribution is 2.51. The Kier molecular flexibility index (Phi) is 4.49. The summed E-state index contributed by atoms with van der Waals surface area (Å²) in [6.07, 6.45) is 4.73. The van der Waals surface area contributed by atoms with Crippen molar-refractivity contribution >= 4 is 43.4 Å². The van der Waals surface area contributed by atoms with E-state index in [1.54, 1.807) is 0 Å². The van der Waals surface area contributed by atoms with Crippen molar-refractivity contribution in [2.45, 2.75) is 54.1 Å². The van der Waals surface area contributed by atoms with E-state index in [1.165, 1.54) is 92.8 Å². The number of fused-ring (bicyclic) bond motifs is 16. The molecule has 2 aliphatic heterocycles. The van der Waals surface area contributed by atoms with Gasteiger partial charge in [-0.2, -0.15) is 0 Å². The van der Waals surface area contributed by atoms with Crippen molar-refractivity contribution < 1.29 is 13.6 Å². The summed E-state index contributed by atoms with van der Waals surface area (Å²) in [5, 5.41) is 3.68. The summed E-state index contributed by atoms with van der Waals surface area (Å²) >= 11 is 1.85. The van der Waals surface area contributed by atoms with Crippen LogP contribution in [0.4, 0.5) is 0 Å². The van der Waals surface area contributed by atoms with Crippen molar-refractivity contribution in [3.63, 3.8) is 0 Å². The van der Waals surface area contributed by atoms with Gasteiger partial charge in [0.05, 0.1) is 10.3 Å². The number of nitrogens with zero attached hydrogens (tertiary/aromatic N) is 2. The van der Waals surface area contributed by atoms with Crippen molar-refractivity contribution in [3.05, 3.63) is 116 Å². The summed E-state index contributed by atoms with van der Waals surface area (Å²) < 4.78 is 13.4. The van der Waals surface area contributed by atoms with E-state index >= 15 is 0 Å². The Morgan fingerprint density at radius 3 is 2.02 bits per heavy atom. The van der Waals surface area contributed by atoms with Crippen molar-refractivity contribution in [3.8, 4) is 22.5 Å². The van der Waals surface area contributed by atoms with Gasteiger partial charge < -0.3 is 4.42 Å². The number of thiophene rings is 1. The van der Waals surface area contributed by atoms with Crippen LogP contribution in [0.3, 0.4) is 0 Å². The normalized spacial score (nSPS) is 16.5. The van der Waals surface area contributed by atoms with E-state index < -0.39 is 5.66 Å². The molecule has 6 heterocycles. The quantitative estimate of drug-likeness (QED) is 0.169. The summed E-state index contributed by atoms with van der Waals surface area (Å²) in [4.78, 5) is 1.35. The van der Waals surface area contributed by atoms with Crippen LogP contribution in [0.5, 0.6) is 0 Å². The lowest BCUT2D eigenvalue weighted by Crippen LogP contribution is -2.71. The zero-order valence-corrected chi connectivity index (χ0v) is 25.9. The molecule has 9 rings (SSSR count). The van der Waals surface area contributed by atoms with Gasteiger partial charge in [-0.05, 0) is 101 Å². The number of aryl methyl sites for hydroxylation is 7. The van der Waals surface area contributed by atoms with Gasteiger partial charge in [0.2, 0.25) is 11.4 Å². The van der Waals surface area contributed by atoms with Crippen LogP contribution < -0.4 is 9.13 Å². The number of benzene rings is 3. The van der Waals surface area contributed by atoms with Gasteiger partial charge in [0.25, 0.3) is 0 Å². The molecule has 42 heavy (non-hydrogen) atoms. The second-order valence-corrected chi connectivity index (χ2v) is 13.8. The highest BCUT2D eigenvalue weighted by molar-refractivity contribution is 7.20. The molecular formula is C38H32N2OS+2. The number of aromatic nitrogens is 2. The van der Waals surface area contributed by atoms with E-state index in [1.807, 2.05) is 11.3 Å². The third-order valence-electron chi connectivity index (χ3n) is 10.2. The fraction of sp³-hybridized carbons (Fsp3) is 0.211. The minimum Gasteiger partial charge on any atom is -0.454 e. The van der Waals surface area contributed by atoms with Crippen molar-refractivity contribution in [2.75, 3.05) is 0 Å². The molecule has 0 aliphatic carbocycles. The van der Waals surface area contributed by atoms with Gasteiger partial charge in [-0.25, -0.2) is 0 Å². The fourth-order valence-electron chi connectivity index (χ4n) is 7.63. The predicted molar refractivity (Wildman–Crippen MR) is 172 cm³/mol. The molecule has 0 saturated carbocycles. The molecule has 0 saturated heterocycles. The van der Waals surface area contributed by atoms with Crippen molar-refractivity contribution in [1.29, 1.82) is 0 Å². The predicted octanol–water partition coefficient (Wildman–Crippen LogP) is 8.79. The molecule has 0 N–H and O–H groups in total. The van der Waals surface area contributed by atoms with Crippen LogP contribution in [-0.2, 0) is 5.66 Å². The van der Waals surface area contributed by atoms with Gasteiger partial charge >= 0.3 is 5.66 Å². The zero-order valence-electron chi connectivity index (χ0n) is 25.1. The van der Waals surface area contributed by atoms with Crippen molar-refractivity contribution in [1.82, 2.24) is 0 Å². The van der Waals surface area contributed by atoms with E-state index in [2.05, 4.69) is 125 Å². The first-order valence-electron chi connectivity index (χ1n) is 14.8. The molecule has 0 radical (unpaired) electrons. The molecule has 0 fully saturated rings. The van der Waals surface area contributed by atoms with Crippen LogP contribution in [0.1, 0.15) is 49.4 Å². The first-order chi connectivity index (χ1) is 20.2. The van der Waals surface area contributed by atoms with Gasteiger partial charge in [0.15, 0.2) is 18.0 Å². The Bertz CT molecular complexity index is 2390. The second kappa shape index (κ2) is 7.76. The highest BCUT2D eigenvalue weighted by Gasteiger charge is 2.67. The highest BCUT2D eigenvalue weighted by atomic mass is 32.1. The minimum absolute atomic E-state index is 0.545. The molecule has 0 bridgehead atoms. The Balaban J connectivity index is 1.51. The maximum absolute atomic E-state index is 7.04. The molecule has 3 aromatic carbocycles. The third-order valence-corrected chi connectivity index (χ3v) is 11.4. The van der Waals surface area contributed by atoms with Gasteiger partial charge in [-0.3, -0.25) is 0 Å². The lowest BCUT2D eigenvalue weighted by Gasteiger charge is -2.18. The fourth-order valence-corrected chi connectivity index (χ4v) is 8.78. The van der Waals surface area contributed by atoms with Crippen LogP contribution in [-0.4, -0.2) is 0 Å².